The predicted octanol–water partition coefficient (Wildman–Crippen LogP) is 2.69. The van der Waals surface area contributed by atoms with Gasteiger partial charge in [-0.3, -0.25) is 4.99 Å². The van der Waals surface area contributed by atoms with Crippen LogP contribution in [-0.2, 0) is 0 Å². The molecule has 0 spiro atoms. The molecule has 148 valence electrons. The summed E-state index contributed by atoms with van der Waals surface area (Å²) < 4.78 is 2.25. The number of nitrogens with one attached hydrogen (secondary N) is 1. The topological polar surface area (TPSA) is 48.7 Å². The summed E-state index contributed by atoms with van der Waals surface area (Å²) in [6.45, 7) is 11.4. The van der Waals surface area contributed by atoms with Crippen molar-refractivity contribution in [3.05, 3.63) is 18.7 Å². The molecule has 3 rings (SSSR count). The van der Waals surface area contributed by atoms with Gasteiger partial charge in [0.2, 0.25) is 0 Å². The van der Waals surface area contributed by atoms with E-state index in [-0.39, 0.29) is 24.0 Å². The monoisotopic (exact) mass is 474 g/mol. The van der Waals surface area contributed by atoms with Crippen LogP contribution < -0.4 is 5.32 Å². The van der Waals surface area contributed by atoms with Crippen LogP contribution in [0.2, 0.25) is 0 Å². The quantitative estimate of drug-likeness (QED) is 0.414. The highest BCUT2D eigenvalue weighted by molar-refractivity contribution is 14.0. The van der Waals surface area contributed by atoms with Gasteiger partial charge in [-0.1, -0.05) is 13.8 Å². The predicted molar refractivity (Wildman–Crippen MR) is 118 cm³/mol. The molecule has 26 heavy (non-hydrogen) atoms. The first-order valence-corrected chi connectivity index (χ1v) is 9.82. The fourth-order valence-corrected chi connectivity index (χ4v) is 4.04. The van der Waals surface area contributed by atoms with E-state index in [1.807, 2.05) is 19.6 Å². The summed E-state index contributed by atoms with van der Waals surface area (Å²) in [6, 6.07) is 0.471. The number of likely N-dealkylation sites (tertiary alicyclic amines) is 2. The number of hydrogen-bond donors (Lipinski definition) is 1. The molecular formula is C19H35IN6. The molecule has 0 bridgehead atoms. The molecule has 0 aliphatic carbocycles. The van der Waals surface area contributed by atoms with Crippen LogP contribution in [0.1, 0.15) is 39.2 Å². The molecule has 3 heterocycles. The summed E-state index contributed by atoms with van der Waals surface area (Å²) in [5, 5.41) is 3.59. The van der Waals surface area contributed by atoms with E-state index in [1.165, 1.54) is 32.4 Å². The molecule has 1 N–H and O–H groups in total. The van der Waals surface area contributed by atoms with Crippen molar-refractivity contribution in [3.8, 4) is 0 Å². The van der Waals surface area contributed by atoms with E-state index in [0.717, 1.165) is 38.1 Å². The molecule has 2 atom stereocenters. The zero-order chi connectivity index (χ0) is 17.6. The van der Waals surface area contributed by atoms with Gasteiger partial charge >= 0.3 is 0 Å². The number of imidazole rings is 1. The highest BCUT2D eigenvalue weighted by Crippen LogP contribution is 2.27. The summed E-state index contributed by atoms with van der Waals surface area (Å²) in [5.74, 6) is 2.61. The number of aromatic nitrogens is 2. The second-order valence-electron chi connectivity index (χ2n) is 7.79. The highest BCUT2D eigenvalue weighted by atomic mass is 127. The van der Waals surface area contributed by atoms with Crippen molar-refractivity contribution in [2.45, 2.75) is 39.2 Å². The van der Waals surface area contributed by atoms with E-state index < -0.39 is 0 Å². The van der Waals surface area contributed by atoms with Crippen LogP contribution in [-0.4, -0.2) is 71.6 Å². The Morgan fingerprint density at radius 2 is 1.96 bits per heavy atom. The molecule has 7 heteroatoms. The Balaban J connectivity index is 0.00000243. The maximum absolute atomic E-state index is 4.54. The van der Waals surface area contributed by atoms with E-state index in [2.05, 4.69) is 49.7 Å². The molecule has 0 aromatic carbocycles. The molecule has 0 radical (unpaired) electrons. The van der Waals surface area contributed by atoms with Crippen molar-refractivity contribution in [3.63, 3.8) is 0 Å². The van der Waals surface area contributed by atoms with Crippen LogP contribution in [0.5, 0.6) is 0 Å². The van der Waals surface area contributed by atoms with E-state index in [9.17, 15) is 0 Å². The lowest BCUT2D eigenvalue weighted by Gasteiger charge is -2.39. The summed E-state index contributed by atoms with van der Waals surface area (Å²) >= 11 is 0. The highest BCUT2D eigenvalue weighted by Gasteiger charge is 2.28. The van der Waals surface area contributed by atoms with Crippen molar-refractivity contribution < 1.29 is 0 Å². The minimum absolute atomic E-state index is 0. The van der Waals surface area contributed by atoms with Gasteiger partial charge in [0.1, 0.15) is 0 Å². The van der Waals surface area contributed by atoms with E-state index in [0.29, 0.717) is 12.0 Å². The van der Waals surface area contributed by atoms with Crippen molar-refractivity contribution in [2.24, 2.45) is 16.8 Å². The Bertz CT molecular complexity index is 538. The molecule has 2 aliphatic rings. The summed E-state index contributed by atoms with van der Waals surface area (Å²) in [6.07, 6.45) is 9.76. The maximum atomic E-state index is 4.54. The van der Waals surface area contributed by atoms with Crippen LogP contribution in [0, 0.1) is 11.8 Å². The van der Waals surface area contributed by atoms with Gasteiger partial charge in [-0.05, 0) is 44.2 Å². The van der Waals surface area contributed by atoms with Gasteiger partial charge < -0.3 is 19.7 Å². The zero-order valence-corrected chi connectivity index (χ0v) is 18.8. The average Bonchev–Trinajstić information content (AvgIpc) is 3.15. The fourth-order valence-electron chi connectivity index (χ4n) is 4.04. The molecule has 2 saturated heterocycles. The van der Waals surface area contributed by atoms with Crippen LogP contribution in [0.4, 0.5) is 0 Å². The Hall–Kier alpha value is -0.830. The number of rotatable bonds is 4. The van der Waals surface area contributed by atoms with E-state index >= 15 is 0 Å². The molecule has 0 amide bonds. The maximum Gasteiger partial charge on any atom is 0.193 e. The Morgan fingerprint density at radius 1 is 1.19 bits per heavy atom. The van der Waals surface area contributed by atoms with Crippen LogP contribution >= 0.6 is 24.0 Å². The van der Waals surface area contributed by atoms with Gasteiger partial charge in [-0.15, -0.1) is 24.0 Å². The molecular weight excluding hydrogens is 439 g/mol. The fraction of sp³-hybridized carbons (Fsp3) is 0.789. The standard InChI is InChI=1S/C19H34N6.HI/c1-16-4-9-23(10-5-16)12-8-22-19(20-3)24-11-6-17(2)18(14-24)25-13-7-21-15-25;/h7,13,15-18H,4-6,8-12,14H2,1-3H3,(H,20,22);1H. The lowest BCUT2D eigenvalue weighted by molar-refractivity contribution is 0.183. The Labute approximate surface area is 175 Å². The van der Waals surface area contributed by atoms with Crippen LogP contribution in [0.3, 0.4) is 0 Å². The largest absolute Gasteiger partial charge is 0.355 e. The molecule has 2 fully saturated rings. The first kappa shape index (κ1) is 21.5. The molecule has 1 aromatic rings. The first-order chi connectivity index (χ1) is 12.2. The number of guanidine groups is 1. The Morgan fingerprint density at radius 3 is 2.62 bits per heavy atom. The number of halogens is 1. The van der Waals surface area contributed by atoms with Gasteiger partial charge in [0.15, 0.2) is 5.96 Å². The zero-order valence-electron chi connectivity index (χ0n) is 16.5. The van der Waals surface area contributed by atoms with Crippen molar-refractivity contribution in [1.82, 2.24) is 24.7 Å². The molecule has 1 aromatic heterocycles. The first-order valence-electron chi connectivity index (χ1n) is 9.82. The third kappa shape index (κ3) is 5.58. The summed E-state index contributed by atoms with van der Waals surface area (Å²) in [7, 11) is 1.90. The van der Waals surface area contributed by atoms with Gasteiger partial charge in [-0.25, -0.2) is 4.98 Å². The van der Waals surface area contributed by atoms with Gasteiger partial charge in [0.25, 0.3) is 0 Å². The van der Waals surface area contributed by atoms with Crippen molar-refractivity contribution in [1.29, 1.82) is 0 Å². The summed E-state index contributed by atoms with van der Waals surface area (Å²) in [4.78, 5) is 13.7. The van der Waals surface area contributed by atoms with Crippen molar-refractivity contribution in [2.75, 3.05) is 46.3 Å². The molecule has 2 aliphatic heterocycles. The third-order valence-corrected chi connectivity index (χ3v) is 5.93. The SMILES string of the molecule is CN=C(NCCN1CCC(C)CC1)N1CCC(C)C(n2ccnc2)C1.I. The summed E-state index contributed by atoms with van der Waals surface area (Å²) in [5.41, 5.74) is 0. The van der Waals surface area contributed by atoms with E-state index in [4.69, 9.17) is 0 Å². The number of piperidine rings is 2. The minimum Gasteiger partial charge on any atom is -0.355 e. The molecule has 0 saturated carbocycles. The third-order valence-electron chi connectivity index (χ3n) is 5.93. The number of aliphatic imine (C=N–C) groups is 1. The Kier molecular flexibility index (Phi) is 8.66. The van der Waals surface area contributed by atoms with Crippen LogP contribution in [0.15, 0.2) is 23.7 Å². The lowest BCUT2D eigenvalue weighted by atomic mass is 9.93. The average molecular weight is 474 g/mol. The lowest BCUT2D eigenvalue weighted by Crippen LogP contribution is -2.50. The van der Waals surface area contributed by atoms with E-state index in [1.54, 1.807) is 0 Å². The second kappa shape index (κ2) is 10.5. The molecule has 6 nitrogen and oxygen atoms in total. The van der Waals surface area contributed by atoms with Crippen LogP contribution in [0.25, 0.3) is 0 Å². The van der Waals surface area contributed by atoms with Gasteiger partial charge in [-0.2, -0.15) is 0 Å². The van der Waals surface area contributed by atoms with Crippen molar-refractivity contribution >= 4 is 29.9 Å². The number of hydrogen-bond acceptors (Lipinski definition) is 3. The number of nitrogens with zero attached hydrogens (tertiary/aromatic N) is 5. The van der Waals surface area contributed by atoms with Gasteiger partial charge in [0.05, 0.1) is 12.4 Å². The second-order valence-corrected chi connectivity index (χ2v) is 7.79. The minimum atomic E-state index is 0. The smallest absolute Gasteiger partial charge is 0.193 e. The normalized spacial score (nSPS) is 25.8. The van der Waals surface area contributed by atoms with Gasteiger partial charge in [0, 0.05) is 45.6 Å². The molecule has 2 unspecified atom stereocenters.